The molecule has 0 bridgehead atoms. The molecule has 0 N–H and O–H groups in total. The van der Waals surface area contributed by atoms with Gasteiger partial charge in [0.25, 0.3) is 0 Å². The van der Waals surface area contributed by atoms with E-state index in [1.807, 2.05) is 0 Å². The van der Waals surface area contributed by atoms with E-state index in [0.717, 1.165) is 0 Å². The molecule has 7 heteroatoms. The van der Waals surface area contributed by atoms with Crippen LogP contribution < -0.4 is 0 Å². The molecule has 0 aliphatic carbocycles. The van der Waals surface area contributed by atoms with E-state index in [9.17, 15) is 0 Å². The molecular weight excluding hydrogens is 357 g/mol. The van der Waals surface area contributed by atoms with E-state index in [1.165, 1.54) is 0 Å². The molecule has 0 aliphatic rings. The Hall–Kier alpha value is 2.60. The van der Waals surface area contributed by atoms with Crippen LogP contribution in [0.4, 0.5) is 0 Å². The topological polar surface area (TPSA) is 63.2 Å². The summed E-state index contributed by atoms with van der Waals surface area (Å²) in [5, 5.41) is 0. The maximum Gasteiger partial charge on any atom is 2.00 e. The van der Waals surface area contributed by atoms with E-state index in [-0.39, 0.29) is 71.3 Å². The number of rotatable bonds is 0. The summed E-state index contributed by atoms with van der Waals surface area (Å²) in [6.07, 6.45) is 0. The van der Waals surface area contributed by atoms with Gasteiger partial charge >= 0.3 is 71.3 Å². The monoisotopic (exact) mass is 357 g/mol. The molecule has 0 rings (SSSR count). The molecule has 42 valence electrons. The largest absolute Gasteiger partial charge is 2.00 e. The van der Waals surface area contributed by atoms with Crippen molar-refractivity contribution >= 4 is 69.1 Å². The first-order valence-corrected chi connectivity index (χ1v) is 3.00. The summed E-state index contributed by atoms with van der Waals surface area (Å²) in [6, 6.07) is 0. The first-order chi connectivity index (χ1) is 2.00. The molecule has 0 aromatic carbocycles. The summed E-state index contributed by atoms with van der Waals surface area (Å²) in [7, 11) is -4.33. The molecule has 0 aromatic rings. The number of hydrogen-bond donors (Lipinski definition) is 0. The van der Waals surface area contributed by atoms with E-state index in [0.29, 0.717) is 0 Å². The molecular formula is AgBaO3S2+. The van der Waals surface area contributed by atoms with Gasteiger partial charge in [0.2, 0.25) is 0 Å². The average molecular weight is 357 g/mol. The molecule has 0 aromatic heterocycles. The third-order valence-electron chi connectivity index (χ3n) is 0. The fourth-order valence-corrected chi connectivity index (χ4v) is 0. The molecule has 0 amide bonds. The van der Waals surface area contributed by atoms with Crippen LogP contribution in [0.15, 0.2) is 0 Å². The van der Waals surface area contributed by atoms with Gasteiger partial charge in [-0.1, -0.05) is 0 Å². The van der Waals surface area contributed by atoms with Crippen molar-refractivity contribution in [3.63, 3.8) is 0 Å². The van der Waals surface area contributed by atoms with Crippen LogP contribution in [0.2, 0.25) is 0 Å². The standard InChI is InChI=1S/Ag.Ba.H2O3S2/c;;1-5(2,3)4/h;;(H2,1,2,3,4)/q+1;+2;/p-2. The third kappa shape index (κ3) is 55.4. The van der Waals surface area contributed by atoms with Gasteiger partial charge in [0.15, 0.2) is 0 Å². The molecule has 0 saturated carbocycles. The molecule has 3 nitrogen and oxygen atoms in total. The maximum absolute atomic E-state index is 8.89. The van der Waals surface area contributed by atoms with Gasteiger partial charge in [-0.3, -0.25) is 4.21 Å². The minimum atomic E-state index is -4.33. The summed E-state index contributed by atoms with van der Waals surface area (Å²) >= 11 is 3.24. The Labute approximate surface area is 103 Å². The van der Waals surface area contributed by atoms with Gasteiger partial charge in [0.1, 0.15) is 0 Å². The van der Waals surface area contributed by atoms with Gasteiger partial charge in [-0.2, -0.15) is 0 Å². The van der Waals surface area contributed by atoms with Crippen LogP contribution in [-0.4, -0.2) is 62.2 Å². The van der Waals surface area contributed by atoms with Gasteiger partial charge in [-0.05, 0) is 11.2 Å². The summed E-state index contributed by atoms with van der Waals surface area (Å²) in [5.74, 6) is 0. The number of hydrogen-bond acceptors (Lipinski definition) is 4. The van der Waals surface area contributed by atoms with Gasteiger partial charge in [-0.25, -0.2) is 0 Å². The van der Waals surface area contributed by atoms with Crippen molar-refractivity contribution in [3.05, 3.63) is 0 Å². The molecule has 0 saturated heterocycles. The Balaban J connectivity index is -0.0000000800. The van der Waals surface area contributed by atoms with Crippen LogP contribution in [0.3, 0.4) is 0 Å². The van der Waals surface area contributed by atoms with E-state index in [1.54, 1.807) is 0 Å². The first-order valence-electron chi connectivity index (χ1n) is 0.667. The Kier molecular flexibility index (Phi) is 15.6. The first kappa shape index (κ1) is 16.3. The van der Waals surface area contributed by atoms with Crippen LogP contribution in [0.5, 0.6) is 0 Å². The second-order valence-corrected chi connectivity index (χ2v) is 2.45. The van der Waals surface area contributed by atoms with E-state index >= 15 is 0 Å². The zero-order valence-electron chi connectivity index (χ0n) is 3.05. The summed E-state index contributed by atoms with van der Waals surface area (Å²) in [6.45, 7) is 0. The Morgan fingerprint density at radius 3 is 1.43 bits per heavy atom. The Bertz CT molecular complexity index is 96.1. The molecule has 0 aliphatic heterocycles. The maximum atomic E-state index is 8.89. The molecule has 0 heterocycles. The zero-order valence-corrected chi connectivity index (χ0v) is 10.6. The van der Waals surface area contributed by atoms with E-state index in [4.69, 9.17) is 13.3 Å². The fraction of sp³-hybridized carbons (Fsp3) is 0. The van der Waals surface area contributed by atoms with Crippen LogP contribution in [0.1, 0.15) is 0 Å². The Morgan fingerprint density at radius 1 is 1.43 bits per heavy atom. The zero-order chi connectivity index (χ0) is 4.50. The van der Waals surface area contributed by atoms with Gasteiger partial charge in [-0.15, -0.1) is 9.05 Å². The predicted octanol–water partition coefficient (Wildman–Crippen LogP) is -1.39. The van der Waals surface area contributed by atoms with Crippen LogP contribution in [0, 0.1) is 0 Å². The van der Waals surface area contributed by atoms with E-state index in [2.05, 4.69) is 11.2 Å². The minimum Gasteiger partial charge on any atom is -0.780 e. The van der Waals surface area contributed by atoms with Crippen molar-refractivity contribution < 1.29 is 35.7 Å². The second kappa shape index (κ2) is 6.72. The quantitative estimate of drug-likeness (QED) is 0.501. The van der Waals surface area contributed by atoms with Crippen LogP contribution >= 0.6 is 0 Å². The van der Waals surface area contributed by atoms with Crippen LogP contribution in [0.25, 0.3) is 0 Å². The molecule has 0 unspecified atom stereocenters. The van der Waals surface area contributed by atoms with Crippen molar-refractivity contribution in [2.45, 2.75) is 0 Å². The molecule has 0 radical (unpaired) electrons. The fourth-order valence-electron chi connectivity index (χ4n) is 0. The molecule has 0 spiro atoms. The van der Waals surface area contributed by atoms with E-state index < -0.39 is 9.05 Å². The molecule has 0 fully saturated rings. The van der Waals surface area contributed by atoms with Crippen molar-refractivity contribution in [2.75, 3.05) is 0 Å². The summed E-state index contributed by atoms with van der Waals surface area (Å²) < 4.78 is 26.7. The van der Waals surface area contributed by atoms with Crippen molar-refractivity contribution in [3.8, 4) is 0 Å². The average Bonchev–Trinajstić information content (AvgIpc) is 0.722. The Morgan fingerprint density at radius 2 is 1.43 bits per heavy atom. The predicted molar refractivity (Wildman–Crippen MR) is 22.8 cm³/mol. The normalized spacial score (nSPS) is 8.29. The van der Waals surface area contributed by atoms with Crippen molar-refractivity contribution in [1.29, 1.82) is 0 Å². The second-order valence-electron chi connectivity index (χ2n) is 0.408. The van der Waals surface area contributed by atoms with Gasteiger partial charge in [0, 0.05) is 0 Å². The van der Waals surface area contributed by atoms with Gasteiger partial charge < -0.3 is 9.11 Å². The minimum absolute atomic E-state index is 0. The molecule has 0 atom stereocenters. The smallest absolute Gasteiger partial charge is 0.780 e. The third-order valence-corrected chi connectivity index (χ3v) is 0. The van der Waals surface area contributed by atoms with Gasteiger partial charge in [0.05, 0.1) is 0 Å². The molecule has 7 heavy (non-hydrogen) atoms. The SMILES string of the molecule is O=S([O-])([O-])=S.[Ag+].[Ba+2]. The van der Waals surface area contributed by atoms with Crippen LogP contribution in [-0.2, 0) is 42.6 Å². The van der Waals surface area contributed by atoms with Crippen molar-refractivity contribution in [1.82, 2.24) is 0 Å². The summed E-state index contributed by atoms with van der Waals surface area (Å²) in [4.78, 5) is 0. The summed E-state index contributed by atoms with van der Waals surface area (Å²) in [5.41, 5.74) is 0. The van der Waals surface area contributed by atoms with Crippen molar-refractivity contribution in [2.24, 2.45) is 0 Å².